The van der Waals surface area contributed by atoms with Crippen LogP contribution in [0.3, 0.4) is 0 Å². The summed E-state index contributed by atoms with van der Waals surface area (Å²) in [6.07, 6.45) is 2.70. The minimum Gasteiger partial charge on any atom is -0.326 e. The summed E-state index contributed by atoms with van der Waals surface area (Å²) >= 11 is 0. The van der Waals surface area contributed by atoms with E-state index in [4.69, 9.17) is 0 Å². The highest BCUT2D eigenvalue weighted by atomic mass is 16.1. The summed E-state index contributed by atoms with van der Waals surface area (Å²) in [6.45, 7) is 5.04. The molecular weight excluding hydrogens is 284 g/mol. The minimum atomic E-state index is -0.127. The second kappa shape index (κ2) is 6.78. The molecule has 1 atom stereocenters. The summed E-state index contributed by atoms with van der Waals surface area (Å²) in [5.41, 5.74) is 4.22. The van der Waals surface area contributed by atoms with Crippen LogP contribution in [0.25, 0.3) is 0 Å². The first-order chi connectivity index (χ1) is 11.1. The summed E-state index contributed by atoms with van der Waals surface area (Å²) in [5.74, 6) is 0.385. The zero-order valence-electron chi connectivity index (χ0n) is 13.6. The molecule has 1 N–H and O–H groups in total. The predicted molar refractivity (Wildman–Crippen MR) is 95.0 cm³/mol. The highest BCUT2D eigenvalue weighted by Gasteiger charge is 2.22. The van der Waals surface area contributed by atoms with Crippen molar-refractivity contribution in [3.63, 3.8) is 0 Å². The third-order valence-corrected chi connectivity index (χ3v) is 4.13. The van der Waals surface area contributed by atoms with Gasteiger partial charge in [0.25, 0.3) is 0 Å². The number of amides is 1. The molecule has 1 aliphatic rings. The Hall–Kier alpha value is -2.42. The lowest BCUT2D eigenvalue weighted by atomic mass is 9.89. The Kier molecular flexibility index (Phi) is 4.56. The lowest BCUT2D eigenvalue weighted by molar-refractivity contribution is -0.117. The van der Waals surface area contributed by atoms with E-state index in [2.05, 4.69) is 24.2 Å². The van der Waals surface area contributed by atoms with Gasteiger partial charge in [0.05, 0.1) is 12.5 Å². The zero-order chi connectivity index (χ0) is 16.2. The SMILES string of the molecule is CC(C)CC(C(=O)Nc1ccc2c(c1)C=NC2)c1ccccc1. The maximum Gasteiger partial charge on any atom is 0.231 e. The first kappa shape index (κ1) is 15.5. The van der Waals surface area contributed by atoms with Crippen LogP contribution in [0.2, 0.25) is 0 Å². The number of hydrogen-bond donors (Lipinski definition) is 1. The number of rotatable bonds is 5. The molecule has 0 aliphatic carbocycles. The lowest BCUT2D eigenvalue weighted by Gasteiger charge is -2.19. The third kappa shape index (κ3) is 3.67. The van der Waals surface area contributed by atoms with Crippen LogP contribution in [0.4, 0.5) is 5.69 Å². The van der Waals surface area contributed by atoms with E-state index in [9.17, 15) is 4.79 Å². The number of anilines is 1. The Labute approximate surface area is 137 Å². The van der Waals surface area contributed by atoms with E-state index in [0.717, 1.165) is 29.8 Å². The van der Waals surface area contributed by atoms with Gasteiger partial charge in [0.2, 0.25) is 5.91 Å². The van der Waals surface area contributed by atoms with Crippen molar-refractivity contribution in [2.45, 2.75) is 32.7 Å². The Morgan fingerprint density at radius 2 is 1.96 bits per heavy atom. The Morgan fingerprint density at radius 3 is 2.70 bits per heavy atom. The average molecular weight is 306 g/mol. The number of nitrogens with one attached hydrogen (secondary N) is 1. The van der Waals surface area contributed by atoms with Crippen molar-refractivity contribution in [2.24, 2.45) is 10.9 Å². The molecule has 0 spiro atoms. The maximum absolute atomic E-state index is 12.8. The summed E-state index contributed by atoms with van der Waals surface area (Å²) < 4.78 is 0. The van der Waals surface area contributed by atoms with Crippen LogP contribution < -0.4 is 5.32 Å². The van der Waals surface area contributed by atoms with E-state index in [1.54, 1.807) is 0 Å². The number of hydrogen-bond acceptors (Lipinski definition) is 2. The van der Waals surface area contributed by atoms with Crippen LogP contribution in [0.5, 0.6) is 0 Å². The number of benzene rings is 2. The maximum atomic E-state index is 12.8. The van der Waals surface area contributed by atoms with Gasteiger partial charge in [0.1, 0.15) is 0 Å². The fourth-order valence-electron chi connectivity index (χ4n) is 2.96. The van der Waals surface area contributed by atoms with Crippen LogP contribution in [-0.2, 0) is 11.3 Å². The Morgan fingerprint density at radius 1 is 1.17 bits per heavy atom. The molecule has 1 amide bonds. The third-order valence-electron chi connectivity index (χ3n) is 4.13. The molecule has 3 nitrogen and oxygen atoms in total. The molecule has 0 radical (unpaired) electrons. The lowest BCUT2D eigenvalue weighted by Crippen LogP contribution is -2.22. The fourth-order valence-corrected chi connectivity index (χ4v) is 2.96. The molecule has 0 saturated carbocycles. The molecule has 1 unspecified atom stereocenters. The fraction of sp³-hybridized carbons (Fsp3) is 0.300. The smallest absolute Gasteiger partial charge is 0.231 e. The van der Waals surface area contributed by atoms with Gasteiger partial charge in [0, 0.05) is 11.9 Å². The second-order valence-corrected chi connectivity index (χ2v) is 6.47. The van der Waals surface area contributed by atoms with Gasteiger partial charge in [-0.25, -0.2) is 0 Å². The predicted octanol–water partition coefficient (Wildman–Crippen LogP) is 4.39. The minimum absolute atomic E-state index is 0.0554. The molecule has 1 aliphatic heterocycles. The normalized spacial score (nSPS) is 13.9. The molecule has 23 heavy (non-hydrogen) atoms. The van der Waals surface area contributed by atoms with Crippen molar-refractivity contribution in [2.75, 3.05) is 5.32 Å². The number of carbonyl (C=O) groups is 1. The van der Waals surface area contributed by atoms with Crippen LogP contribution in [0.1, 0.15) is 42.9 Å². The van der Waals surface area contributed by atoms with Gasteiger partial charge in [-0.05, 0) is 41.2 Å². The molecule has 2 aromatic carbocycles. The van der Waals surface area contributed by atoms with Crippen molar-refractivity contribution in [3.8, 4) is 0 Å². The molecule has 3 heteroatoms. The van der Waals surface area contributed by atoms with Gasteiger partial charge in [-0.3, -0.25) is 9.79 Å². The van der Waals surface area contributed by atoms with Crippen LogP contribution in [0.15, 0.2) is 53.5 Å². The number of fused-ring (bicyclic) bond motifs is 1. The van der Waals surface area contributed by atoms with Gasteiger partial charge in [-0.2, -0.15) is 0 Å². The van der Waals surface area contributed by atoms with Gasteiger partial charge >= 0.3 is 0 Å². The summed E-state index contributed by atoms with van der Waals surface area (Å²) in [6, 6.07) is 16.0. The van der Waals surface area contributed by atoms with Gasteiger partial charge < -0.3 is 5.32 Å². The summed E-state index contributed by atoms with van der Waals surface area (Å²) in [5, 5.41) is 3.07. The number of aliphatic imine (C=N–C) groups is 1. The standard InChI is InChI=1S/C20H22N2O/c1-14(2)10-19(15-6-4-3-5-7-15)20(23)22-18-9-8-16-12-21-13-17(16)11-18/h3-9,11,13-14,19H,10,12H2,1-2H3,(H,22,23). The highest BCUT2D eigenvalue weighted by Crippen LogP contribution is 2.26. The Balaban J connectivity index is 1.79. The van der Waals surface area contributed by atoms with E-state index in [0.29, 0.717) is 5.92 Å². The van der Waals surface area contributed by atoms with Crippen molar-refractivity contribution < 1.29 is 4.79 Å². The molecule has 0 bridgehead atoms. The van der Waals surface area contributed by atoms with Crippen molar-refractivity contribution >= 4 is 17.8 Å². The van der Waals surface area contributed by atoms with E-state index < -0.39 is 0 Å². The van der Waals surface area contributed by atoms with E-state index >= 15 is 0 Å². The zero-order valence-corrected chi connectivity index (χ0v) is 13.6. The molecule has 3 rings (SSSR count). The monoisotopic (exact) mass is 306 g/mol. The van der Waals surface area contributed by atoms with Crippen molar-refractivity contribution in [1.82, 2.24) is 0 Å². The first-order valence-electron chi connectivity index (χ1n) is 8.12. The molecule has 118 valence electrons. The topological polar surface area (TPSA) is 41.5 Å². The largest absolute Gasteiger partial charge is 0.326 e. The van der Waals surface area contributed by atoms with Gasteiger partial charge in [-0.1, -0.05) is 50.2 Å². The molecule has 0 fully saturated rings. The van der Waals surface area contributed by atoms with E-state index in [1.807, 2.05) is 54.7 Å². The highest BCUT2D eigenvalue weighted by molar-refractivity contribution is 5.97. The molecule has 1 heterocycles. The number of nitrogens with zero attached hydrogens (tertiary/aromatic N) is 1. The van der Waals surface area contributed by atoms with Crippen molar-refractivity contribution in [1.29, 1.82) is 0 Å². The Bertz CT molecular complexity index is 720. The van der Waals surface area contributed by atoms with E-state index in [1.165, 1.54) is 5.56 Å². The average Bonchev–Trinajstić information content (AvgIpc) is 3.01. The van der Waals surface area contributed by atoms with E-state index in [-0.39, 0.29) is 11.8 Å². The van der Waals surface area contributed by atoms with Gasteiger partial charge in [0.15, 0.2) is 0 Å². The summed E-state index contributed by atoms with van der Waals surface area (Å²) in [7, 11) is 0. The van der Waals surface area contributed by atoms with Crippen LogP contribution >= 0.6 is 0 Å². The molecule has 2 aromatic rings. The molecule has 0 saturated heterocycles. The van der Waals surface area contributed by atoms with Crippen LogP contribution in [-0.4, -0.2) is 12.1 Å². The van der Waals surface area contributed by atoms with Crippen molar-refractivity contribution in [3.05, 3.63) is 65.2 Å². The number of carbonyl (C=O) groups excluding carboxylic acids is 1. The van der Waals surface area contributed by atoms with Crippen LogP contribution in [0, 0.1) is 5.92 Å². The molecular formula is C20H22N2O. The quantitative estimate of drug-likeness (QED) is 0.874. The second-order valence-electron chi connectivity index (χ2n) is 6.47. The first-order valence-corrected chi connectivity index (χ1v) is 8.12. The molecule has 0 aromatic heterocycles. The summed E-state index contributed by atoms with van der Waals surface area (Å²) in [4.78, 5) is 17.1. The van der Waals surface area contributed by atoms with Gasteiger partial charge in [-0.15, -0.1) is 0 Å².